The van der Waals surface area contributed by atoms with E-state index in [1.807, 2.05) is 30.3 Å². The molecule has 0 saturated carbocycles. The number of carbonyl (C=O) groups excluding carboxylic acids is 1. The molecule has 6 heteroatoms. The van der Waals surface area contributed by atoms with Crippen LogP contribution >= 0.6 is 0 Å². The van der Waals surface area contributed by atoms with E-state index in [2.05, 4.69) is 5.32 Å². The Morgan fingerprint density at radius 1 is 1.11 bits per heavy atom. The van der Waals surface area contributed by atoms with E-state index < -0.39 is 23.6 Å². The van der Waals surface area contributed by atoms with Gasteiger partial charge >= 0.3 is 0 Å². The molecule has 0 aliphatic rings. The summed E-state index contributed by atoms with van der Waals surface area (Å²) in [5.74, 6) is -1.39. The summed E-state index contributed by atoms with van der Waals surface area (Å²) < 4.78 is 32.5. The molecule has 2 N–H and O–H groups in total. The highest BCUT2D eigenvalue weighted by molar-refractivity contribution is 5.92. The smallest absolute Gasteiger partial charge is 0.244 e. The van der Waals surface area contributed by atoms with Gasteiger partial charge in [0.15, 0.2) is 0 Å². The number of hydrogen-bond donors (Lipinski definition) is 2. The van der Waals surface area contributed by atoms with E-state index in [9.17, 15) is 18.7 Å². The second kappa shape index (κ2) is 8.63. The Kier molecular flexibility index (Phi) is 6.01. The Morgan fingerprint density at radius 2 is 1.82 bits per heavy atom. The Labute approximate surface area is 161 Å². The molecule has 0 aliphatic heterocycles. The Balaban J connectivity index is 1.79. The molecule has 144 valence electrons. The lowest BCUT2D eigenvalue weighted by molar-refractivity contribution is -0.117. The first kappa shape index (κ1) is 19.5. The molecule has 28 heavy (non-hydrogen) atoms. The summed E-state index contributed by atoms with van der Waals surface area (Å²) in [5.41, 5.74) is 0.401. The molecule has 3 aromatic rings. The van der Waals surface area contributed by atoms with E-state index in [1.54, 1.807) is 13.2 Å². The normalized spacial score (nSPS) is 12.3. The number of nitrogens with one attached hydrogen (secondary N) is 1. The van der Waals surface area contributed by atoms with Gasteiger partial charge in [0.1, 0.15) is 17.4 Å². The van der Waals surface area contributed by atoms with Gasteiger partial charge in [0.25, 0.3) is 0 Å². The standard InChI is InChI=1S/C22H19F2NO3/c1-28-17-8-7-14-5-6-15(11-16(14)12-17)21(13-26)25-22(27)10-9-18-19(23)3-2-4-20(18)24/h2-12,21,26H,13H2,1H3,(H,25,27)/b10-9+/t21-/m0/s1. The number of amides is 1. The number of halogens is 2. The van der Waals surface area contributed by atoms with Crippen LogP contribution in [0.15, 0.2) is 60.7 Å². The molecule has 1 amide bonds. The van der Waals surface area contributed by atoms with Gasteiger partial charge in [0.05, 0.1) is 19.8 Å². The molecule has 0 aliphatic carbocycles. The van der Waals surface area contributed by atoms with Crippen molar-refractivity contribution in [2.75, 3.05) is 13.7 Å². The van der Waals surface area contributed by atoms with Gasteiger partial charge < -0.3 is 15.2 Å². The summed E-state index contributed by atoms with van der Waals surface area (Å²) in [6.45, 7) is -0.330. The van der Waals surface area contributed by atoms with Crippen LogP contribution in [0.2, 0.25) is 0 Å². The molecule has 0 fully saturated rings. The van der Waals surface area contributed by atoms with Crippen molar-refractivity contribution in [2.24, 2.45) is 0 Å². The summed E-state index contributed by atoms with van der Waals surface area (Å²) in [5, 5.41) is 14.2. The number of carbonyl (C=O) groups is 1. The quantitative estimate of drug-likeness (QED) is 0.633. The van der Waals surface area contributed by atoms with Gasteiger partial charge in [-0.2, -0.15) is 0 Å². The van der Waals surface area contributed by atoms with Crippen molar-refractivity contribution in [3.05, 3.63) is 83.4 Å². The number of aliphatic hydroxyl groups is 1. The highest BCUT2D eigenvalue weighted by Crippen LogP contribution is 2.24. The molecule has 4 nitrogen and oxygen atoms in total. The van der Waals surface area contributed by atoms with Gasteiger partial charge in [0, 0.05) is 11.6 Å². The predicted molar refractivity (Wildman–Crippen MR) is 104 cm³/mol. The fraction of sp³-hybridized carbons (Fsp3) is 0.136. The summed E-state index contributed by atoms with van der Waals surface area (Å²) in [7, 11) is 1.58. The molecule has 0 radical (unpaired) electrons. The lowest BCUT2D eigenvalue weighted by Crippen LogP contribution is -2.29. The first-order valence-corrected chi connectivity index (χ1v) is 8.63. The van der Waals surface area contributed by atoms with Crippen molar-refractivity contribution < 1.29 is 23.4 Å². The molecular weight excluding hydrogens is 364 g/mol. The Hall–Kier alpha value is -3.25. The molecule has 3 aromatic carbocycles. The second-order valence-corrected chi connectivity index (χ2v) is 6.18. The molecule has 0 unspecified atom stereocenters. The zero-order valence-corrected chi connectivity index (χ0v) is 15.2. The fourth-order valence-electron chi connectivity index (χ4n) is 2.87. The van der Waals surface area contributed by atoms with Crippen LogP contribution in [0, 0.1) is 11.6 Å². The van der Waals surface area contributed by atoms with Crippen molar-refractivity contribution in [1.82, 2.24) is 5.32 Å². The van der Waals surface area contributed by atoms with Crippen molar-refractivity contribution in [3.8, 4) is 5.75 Å². The second-order valence-electron chi connectivity index (χ2n) is 6.18. The molecule has 0 saturated heterocycles. The molecule has 0 heterocycles. The third kappa shape index (κ3) is 4.35. The fourth-order valence-corrected chi connectivity index (χ4v) is 2.87. The van der Waals surface area contributed by atoms with Crippen molar-refractivity contribution >= 4 is 22.8 Å². The van der Waals surface area contributed by atoms with Crippen LogP contribution in [0.25, 0.3) is 16.8 Å². The number of ether oxygens (including phenoxy) is 1. The maximum atomic E-state index is 13.6. The van der Waals surface area contributed by atoms with E-state index in [0.29, 0.717) is 11.3 Å². The van der Waals surface area contributed by atoms with Crippen LogP contribution in [0.4, 0.5) is 8.78 Å². The third-order valence-electron chi connectivity index (χ3n) is 4.37. The SMILES string of the molecule is COc1ccc2ccc([C@H](CO)NC(=O)/C=C/c3c(F)cccc3F)cc2c1. The number of rotatable bonds is 6. The monoisotopic (exact) mass is 383 g/mol. The van der Waals surface area contributed by atoms with Crippen molar-refractivity contribution in [2.45, 2.75) is 6.04 Å². The van der Waals surface area contributed by atoms with Gasteiger partial charge in [-0.1, -0.05) is 24.3 Å². The van der Waals surface area contributed by atoms with Gasteiger partial charge in [-0.15, -0.1) is 0 Å². The molecule has 0 spiro atoms. The van der Waals surface area contributed by atoms with Crippen LogP contribution in [0.3, 0.4) is 0 Å². The van der Waals surface area contributed by atoms with Gasteiger partial charge in [-0.25, -0.2) is 8.78 Å². The summed E-state index contributed by atoms with van der Waals surface area (Å²) >= 11 is 0. The van der Waals surface area contributed by atoms with Gasteiger partial charge in [-0.3, -0.25) is 4.79 Å². The topological polar surface area (TPSA) is 58.6 Å². The minimum atomic E-state index is -0.758. The zero-order valence-electron chi connectivity index (χ0n) is 15.2. The maximum absolute atomic E-state index is 13.6. The van der Waals surface area contributed by atoms with Crippen LogP contribution < -0.4 is 10.1 Å². The highest BCUT2D eigenvalue weighted by atomic mass is 19.1. The average molecular weight is 383 g/mol. The summed E-state index contributed by atoms with van der Waals surface area (Å²) in [4.78, 5) is 12.2. The van der Waals surface area contributed by atoms with E-state index >= 15 is 0 Å². The summed E-state index contributed by atoms with van der Waals surface area (Å²) in [6.07, 6.45) is 2.11. The largest absolute Gasteiger partial charge is 0.497 e. The van der Waals surface area contributed by atoms with Crippen LogP contribution in [-0.2, 0) is 4.79 Å². The minimum Gasteiger partial charge on any atom is -0.497 e. The van der Waals surface area contributed by atoms with E-state index in [0.717, 1.165) is 35.1 Å². The third-order valence-corrected chi connectivity index (χ3v) is 4.37. The van der Waals surface area contributed by atoms with Crippen molar-refractivity contribution in [3.63, 3.8) is 0 Å². The Bertz CT molecular complexity index is 1010. The zero-order chi connectivity index (χ0) is 20.1. The predicted octanol–water partition coefficient (Wildman–Crippen LogP) is 3.99. The van der Waals surface area contributed by atoms with Crippen molar-refractivity contribution in [1.29, 1.82) is 0 Å². The molecule has 0 bridgehead atoms. The number of methoxy groups -OCH3 is 1. The molecule has 0 aromatic heterocycles. The highest BCUT2D eigenvalue weighted by Gasteiger charge is 2.13. The van der Waals surface area contributed by atoms with E-state index in [4.69, 9.17) is 4.74 Å². The summed E-state index contributed by atoms with van der Waals surface area (Å²) in [6, 6.07) is 13.9. The molecule has 1 atom stereocenters. The number of hydrogen-bond acceptors (Lipinski definition) is 3. The first-order valence-electron chi connectivity index (χ1n) is 8.63. The van der Waals surface area contributed by atoms with Gasteiger partial charge in [-0.05, 0) is 52.7 Å². The minimum absolute atomic E-state index is 0.295. The number of aliphatic hydroxyl groups excluding tert-OH is 1. The molecule has 3 rings (SSSR count). The van der Waals surface area contributed by atoms with E-state index in [1.165, 1.54) is 6.07 Å². The number of benzene rings is 3. The lowest BCUT2D eigenvalue weighted by atomic mass is 10.0. The lowest BCUT2D eigenvalue weighted by Gasteiger charge is -2.16. The van der Waals surface area contributed by atoms with Gasteiger partial charge in [0.2, 0.25) is 5.91 Å². The van der Waals surface area contributed by atoms with E-state index in [-0.39, 0.29) is 12.2 Å². The number of fused-ring (bicyclic) bond motifs is 1. The first-order chi connectivity index (χ1) is 13.5. The Morgan fingerprint density at radius 3 is 2.50 bits per heavy atom. The van der Waals surface area contributed by atoms with Crippen LogP contribution in [0.5, 0.6) is 5.75 Å². The average Bonchev–Trinajstić information content (AvgIpc) is 2.70. The molecular formula is C22H19F2NO3. The van der Waals surface area contributed by atoms with Crippen LogP contribution in [-0.4, -0.2) is 24.7 Å². The maximum Gasteiger partial charge on any atom is 0.244 e. The van der Waals surface area contributed by atoms with Crippen LogP contribution in [0.1, 0.15) is 17.2 Å².